The van der Waals surface area contributed by atoms with Crippen LogP contribution in [-0.2, 0) is 13.0 Å². The molecule has 2 nitrogen and oxygen atoms in total. The molecule has 2 aliphatic rings. The molecule has 0 spiro atoms. The van der Waals surface area contributed by atoms with Gasteiger partial charge >= 0.3 is 0 Å². The van der Waals surface area contributed by atoms with Crippen LogP contribution in [-0.4, -0.2) is 30.6 Å². The number of benzene rings is 1. The highest BCUT2D eigenvalue weighted by atomic mass is 15.2. The normalized spacial score (nSPS) is 24.8. The van der Waals surface area contributed by atoms with Gasteiger partial charge in [0.1, 0.15) is 0 Å². The van der Waals surface area contributed by atoms with Crippen LogP contribution in [0.25, 0.3) is 0 Å². The van der Waals surface area contributed by atoms with Crippen LogP contribution in [0.2, 0.25) is 0 Å². The summed E-state index contributed by atoms with van der Waals surface area (Å²) in [6, 6.07) is 7.69. The summed E-state index contributed by atoms with van der Waals surface area (Å²) in [5.74, 6) is 0.741. The Balaban J connectivity index is 1.85. The van der Waals surface area contributed by atoms with Crippen LogP contribution in [0.5, 0.6) is 0 Å². The van der Waals surface area contributed by atoms with Crippen LogP contribution >= 0.6 is 0 Å². The van der Waals surface area contributed by atoms with E-state index in [1.165, 1.54) is 45.3 Å². The summed E-state index contributed by atoms with van der Waals surface area (Å²) in [6.07, 6.45) is 5.15. The van der Waals surface area contributed by atoms with Gasteiger partial charge in [-0.25, -0.2) is 0 Å². The quantitative estimate of drug-likeness (QED) is 0.884. The van der Waals surface area contributed by atoms with E-state index >= 15 is 0 Å². The Kier molecular flexibility index (Phi) is 4.42. The Hall–Kier alpha value is -0.860. The maximum atomic E-state index is 3.61. The third-order valence-corrected chi connectivity index (χ3v) is 4.95. The summed E-state index contributed by atoms with van der Waals surface area (Å²) in [7, 11) is 0. The van der Waals surface area contributed by atoms with Crippen molar-refractivity contribution in [3.8, 4) is 0 Å². The lowest BCUT2D eigenvalue weighted by molar-refractivity contribution is 0.167. The molecule has 20 heavy (non-hydrogen) atoms. The molecule has 1 heterocycles. The van der Waals surface area contributed by atoms with Gasteiger partial charge in [0.2, 0.25) is 0 Å². The Bertz CT molecular complexity index is 449. The predicted molar refractivity (Wildman–Crippen MR) is 85.2 cm³/mol. The highest BCUT2D eigenvalue weighted by Gasteiger charge is 2.32. The van der Waals surface area contributed by atoms with Crippen LogP contribution < -0.4 is 5.32 Å². The number of rotatable bonds is 5. The first-order valence-corrected chi connectivity index (χ1v) is 8.38. The molecule has 1 aromatic carbocycles. The smallest absolute Gasteiger partial charge is 0.0208 e. The molecule has 0 aromatic heterocycles. The molecule has 110 valence electrons. The van der Waals surface area contributed by atoms with E-state index in [0.29, 0.717) is 0 Å². The first kappa shape index (κ1) is 14.1. The van der Waals surface area contributed by atoms with Crippen LogP contribution in [0.15, 0.2) is 18.2 Å². The van der Waals surface area contributed by atoms with Gasteiger partial charge in [-0.1, -0.05) is 32.0 Å². The van der Waals surface area contributed by atoms with E-state index in [1.807, 2.05) is 0 Å². The minimum atomic E-state index is 0.741. The molecule has 3 rings (SSSR count). The SMILES string of the molecule is CCCN(CCC)C1Cc2cccc3c2C(CNC3)C1. The molecule has 0 radical (unpaired) electrons. The van der Waals surface area contributed by atoms with Gasteiger partial charge in [-0.15, -0.1) is 0 Å². The molecule has 0 bridgehead atoms. The summed E-state index contributed by atoms with van der Waals surface area (Å²) in [6.45, 7) is 9.37. The van der Waals surface area contributed by atoms with E-state index in [9.17, 15) is 0 Å². The fourth-order valence-electron chi connectivity index (χ4n) is 4.20. The van der Waals surface area contributed by atoms with Crippen molar-refractivity contribution in [2.75, 3.05) is 19.6 Å². The standard InChI is InChI=1S/C18H28N2/c1-3-8-20(9-4-2)17-10-14-6-5-7-15-12-19-13-16(11-17)18(14)15/h5-7,16-17,19H,3-4,8-13H2,1-2H3. The Morgan fingerprint density at radius 1 is 1.15 bits per heavy atom. The van der Waals surface area contributed by atoms with Crippen molar-refractivity contribution in [3.05, 3.63) is 34.9 Å². The maximum absolute atomic E-state index is 3.61. The van der Waals surface area contributed by atoms with Crippen molar-refractivity contribution in [1.29, 1.82) is 0 Å². The lowest BCUT2D eigenvalue weighted by Crippen LogP contribution is -2.44. The second-order valence-electron chi connectivity index (χ2n) is 6.45. The van der Waals surface area contributed by atoms with E-state index in [4.69, 9.17) is 0 Å². The van der Waals surface area contributed by atoms with Crippen molar-refractivity contribution >= 4 is 0 Å². The lowest BCUT2D eigenvalue weighted by Gasteiger charge is -2.41. The second-order valence-corrected chi connectivity index (χ2v) is 6.45. The molecule has 0 saturated carbocycles. The second kappa shape index (κ2) is 6.28. The van der Waals surface area contributed by atoms with Crippen molar-refractivity contribution in [1.82, 2.24) is 10.2 Å². The predicted octanol–water partition coefficient (Wildman–Crippen LogP) is 3.31. The molecule has 2 unspecified atom stereocenters. The van der Waals surface area contributed by atoms with Crippen LogP contribution in [0, 0.1) is 0 Å². The summed E-state index contributed by atoms with van der Waals surface area (Å²) >= 11 is 0. The first-order chi connectivity index (χ1) is 9.83. The number of nitrogens with one attached hydrogen (secondary N) is 1. The van der Waals surface area contributed by atoms with Gasteiger partial charge in [0.15, 0.2) is 0 Å². The minimum absolute atomic E-state index is 0.741. The van der Waals surface area contributed by atoms with Crippen molar-refractivity contribution < 1.29 is 0 Å². The van der Waals surface area contributed by atoms with E-state index in [-0.39, 0.29) is 0 Å². The summed E-state index contributed by atoms with van der Waals surface area (Å²) in [5.41, 5.74) is 4.87. The maximum Gasteiger partial charge on any atom is 0.0208 e. The summed E-state index contributed by atoms with van der Waals surface area (Å²) in [5, 5.41) is 3.61. The summed E-state index contributed by atoms with van der Waals surface area (Å²) < 4.78 is 0. The van der Waals surface area contributed by atoms with E-state index in [0.717, 1.165) is 18.5 Å². The number of nitrogens with zero attached hydrogens (tertiary/aromatic N) is 1. The van der Waals surface area contributed by atoms with Gasteiger partial charge in [-0.3, -0.25) is 0 Å². The fourth-order valence-corrected chi connectivity index (χ4v) is 4.20. The molecule has 2 atom stereocenters. The zero-order valence-corrected chi connectivity index (χ0v) is 13.0. The zero-order chi connectivity index (χ0) is 13.9. The van der Waals surface area contributed by atoms with Gasteiger partial charge < -0.3 is 10.2 Å². The molecule has 0 saturated heterocycles. The highest BCUT2D eigenvalue weighted by molar-refractivity contribution is 5.42. The Morgan fingerprint density at radius 3 is 2.65 bits per heavy atom. The van der Waals surface area contributed by atoms with Gasteiger partial charge in [0.05, 0.1) is 0 Å². The van der Waals surface area contributed by atoms with E-state index < -0.39 is 0 Å². The molecular weight excluding hydrogens is 244 g/mol. The Morgan fingerprint density at radius 2 is 1.90 bits per heavy atom. The van der Waals surface area contributed by atoms with Gasteiger partial charge in [-0.05, 0) is 61.4 Å². The fraction of sp³-hybridized carbons (Fsp3) is 0.667. The third kappa shape index (κ3) is 2.64. The first-order valence-electron chi connectivity index (χ1n) is 8.38. The average Bonchev–Trinajstić information content (AvgIpc) is 2.47. The van der Waals surface area contributed by atoms with Crippen LogP contribution in [0.4, 0.5) is 0 Å². The van der Waals surface area contributed by atoms with Crippen molar-refractivity contribution in [3.63, 3.8) is 0 Å². The minimum Gasteiger partial charge on any atom is -0.312 e. The molecule has 1 aromatic rings. The lowest BCUT2D eigenvalue weighted by atomic mass is 9.75. The zero-order valence-electron chi connectivity index (χ0n) is 13.0. The largest absolute Gasteiger partial charge is 0.312 e. The number of hydrogen-bond donors (Lipinski definition) is 1. The monoisotopic (exact) mass is 272 g/mol. The van der Waals surface area contributed by atoms with Gasteiger partial charge in [-0.2, -0.15) is 0 Å². The molecule has 1 aliphatic heterocycles. The topological polar surface area (TPSA) is 15.3 Å². The Labute approximate surface area is 123 Å². The van der Waals surface area contributed by atoms with Gasteiger partial charge in [0, 0.05) is 19.1 Å². The molecule has 1 N–H and O–H groups in total. The van der Waals surface area contributed by atoms with Crippen LogP contribution in [0.3, 0.4) is 0 Å². The highest BCUT2D eigenvalue weighted by Crippen LogP contribution is 2.37. The number of hydrogen-bond acceptors (Lipinski definition) is 2. The van der Waals surface area contributed by atoms with E-state index in [1.54, 1.807) is 16.7 Å². The van der Waals surface area contributed by atoms with Crippen LogP contribution in [0.1, 0.15) is 55.7 Å². The van der Waals surface area contributed by atoms with E-state index in [2.05, 4.69) is 42.3 Å². The summed E-state index contributed by atoms with van der Waals surface area (Å²) in [4.78, 5) is 2.74. The molecule has 1 aliphatic carbocycles. The average molecular weight is 272 g/mol. The van der Waals surface area contributed by atoms with Crippen molar-refractivity contribution in [2.24, 2.45) is 0 Å². The molecule has 0 amide bonds. The van der Waals surface area contributed by atoms with Gasteiger partial charge in [0.25, 0.3) is 0 Å². The molecular formula is C18H28N2. The molecule has 2 heteroatoms. The molecule has 0 fully saturated rings. The van der Waals surface area contributed by atoms with Crippen molar-refractivity contribution in [2.45, 2.75) is 58.0 Å². The third-order valence-electron chi connectivity index (χ3n) is 4.95.